The van der Waals surface area contributed by atoms with E-state index >= 15 is 0 Å². The molecule has 0 saturated heterocycles. The molecule has 1 amide bonds. The summed E-state index contributed by atoms with van der Waals surface area (Å²) >= 11 is 0. The number of rotatable bonds is 5. The number of halogens is 1. The lowest BCUT2D eigenvalue weighted by molar-refractivity contribution is 0.0219. The van der Waals surface area contributed by atoms with E-state index < -0.39 is 24.3 Å². The average Bonchev–Trinajstić information content (AvgIpc) is 3.11. The fourth-order valence-electron chi connectivity index (χ4n) is 3.81. The first-order valence-electron chi connectivity index (χ1n) is 10.5. The third-order valence-electron chi connectivity index (χ3n) is 5.22. The van der Waals surface area contributed by atoms with Gasteiger partial charge in [-0.3, -0.25) is 4.68 Å². The van der Waals surface area contributed by atoms with Crippen LogP contribution in [0.15, 0.2) is 24.3 Å². The van der Waals surface area contributed by atoms with Crippen molar-refractivity contribution < 1.29 is 23.5 Å². The minimum atomic E-state index is -0.615. The van der Waals surface area contributed by atoms with Crippen molar-refractivity contribution in [2.24, 2.45) is 0 Å². The Balaban J connectivity index is 2.00. The average molecular weight is 432 g/mol. The van der Waals surface area contributed by atoms with E-state index in [-0.39, 0.29) is 24.9 Å². The Labute approximate surface area is 182 Å². The smallest absolute Gasteiger partial charge is 0.410 e. The van der Waals surface area contributed by atoms with E-state index in [2.05, 4.69) is 5.10 Å². The first-order chi connectivity index (χ1) is 14.7. The molecule has 0 N–H and O–H groups in total. The maximum atomic E-state index is 13.5. The highest BCUT2D eigenvalue weighted by atomic mass is 19.1. The molecule has 1 aliphatic heterocycles. The number of alkyl halides is 1. The van der Waals surface area contributed by atoms with Gasteiger partial charge in [0.25, 0.3) is 0 Å². The molecule has 1 aromatic heterocycles. The van der Waals surface area contributed by atoms with E-state index in [1.54, 1.807) is 28.6 Å². The van der Waals surface area contributed by atoms with Crippen LogP contribution in [-0.4, -0.2) is 45.5 Å². The Morgan fingerprint density at radius 2 is 1.97 bits per heavy atom. The van der Waals surface area contributed by atoms with Crippen molar-refractivity contribution in [1.82, 2.24) is 14.7 Å². The van der Waals surface area contributed by atoms with Crippen LogP contribution in [0, 0.1) is 0 Å². The molecule has 0 spiro atoms. The van der Waals surface area contributed by atoms with Crippen molar-refractivity contribution in [2.75, 3.05) is 13.2 Å². The van der Waals surface area contributed by atoms with E-state index in [0.717, 1.165) is 11.3 Å². The Bertz CT molecular complexity index is 964. The summed E-state index contributed by atoms with van der Waals surface area (Å²) in [7, 11) is 0. The van der Waals surface area contributed by atoms with Gasteiger partial charge in [-0.15, -0.1) is 0 Å². The molecule has 1 unspecified atom stereocenters. The molecule has 1 atom stereocenters. The summed E-state index contributed by atoms with van der Waals surface area (Å²) in [5.74, 6) is -0.533. The van der Waals surface area contributed by atoms with Gasteiger partial charge in [0, 0.05) is 24.2 Å². The Morgan fingerprint density at radius 1 is 1.26 bits per heavy atom. The van der Waals surface area contributed by atoms with Crippen molar-refractivity contribution in [3.05, 3.63) is 52.3 Å². The van der Waals surface area contributed by atoms with Crippen molar-refractivity contribution in [1.29, 1.82) is 0 Å². The maximum Gasteiger partial charge on any atom is 0.410 e. The van der Waals surface area contributed by atoms with Gasteiger partial charge in [-0.1, -0.05) is 24.3 Å². The SMILES string of the molecule is CCOC(=O)c1nn(C(C)c2ccccc2CF)c2c1CN(C(=O)OC(C)(C)C)CC2. The molecule has 2 aromatic rings. The quantitative estimate of drug-likeness (QED) is 0.655. The molecule has 0 aliphatic carbocycles. The zero-order valence-electron chi connectivity index (χ0n) is 18.8. The van der Waals surface area contributed by atoms with Crippen LogP contribution >= 0.6 is 0 Å². The van der Waals surface area contributed by atoms with Gasteiger partial charge in [-0.05, 0) is 45.7 Å². The van der Waals surface area contributed by atoms with Gasteiger partial charge < -0.3 is 14.4 Å². The standard InChI is InChI=1S/C23H30FN3O4/c1-6-30-21(28)20-18-14-26(22(29)31-23(3,4)5)12-11-19(18)27(25-20)15(2)17-10-8-7-9-16(17)13-24/h7-10,15H,6,11-14H2,1-5H3. The van der Waals surface area contributed by atoms with E-state index in [1.165, 1.54) is 0 Å². The van der Waals surface area contributed by atoms with E-state index in [9.17, 15) is 14.0 Å². The molecular formula is C23H30FN3O4. The monoisotopic (exact) mass is 431 g/mol. The lowest BCUT2D eigenvalue weighted by Crippen LogP contribution is -2.40. The summed E-state index contributed by atoms with van der Waals surface area (Å²) in [6, 6.07) is 6.99. The van der Waals surface area contributed by atoms with Gasteiger partial charge in [-0.25, -0.2) is 14.0 Å². The molecule has 8 heteroatoms. The second-order valence-corrected chi connectivity index (χ2v) is 8.60. The first-order valence-corrected chi connectivity index (χ1v) is 10.5. The summed E-state index contributed by atoms with van der Waals surface area (Å²) in [5.41, 5.74) is 2.47. The van der Waals surface area contributed by atoms with Crippen LogP contribution in [-0.2, 0) is 29.1 Å². The van der Waals surface area contributed by atoms with Gasteiger partial charge in [0.15, 0.2) is 5.69 Å². The number of fused-ring (bicyclic) bond motifs is 1. The minimum absolute atomic E-state index is 0.190. The second-order valence-electron chi connectivity index (χ2n) is 8.60. The first kappa shape index (κ1) is 22.8. The largest absolute Gasteiger partial charge is 0.461 e. The summed E-state index contributed by atoms with van der Waals surface area (Å²) in [4.78, 5) is 26.8. The third kappa shape index (κ3) is 4.89. The molecular weight excluding hydrogens is 401 g/mol. The van der Waals surface area contributed by atoms with E-state index in [0.29, 0.717) is 24.1 Å². The fourth-order valence-corrected chi connectivity index (χ4v) is 3.81. The highest BCUT2D eigenvalue weighted by molar-refractivity contribution is 5.89. The zero-order valence-corrected chi connectivity index (χ0v) is 18.8. The number of esters is 1. The Hall–Kier alpha value is -2.90. The van der Waals surface area contributed by atoms with Crippen molar-refractivity contribution in [3.8, 4) is 0 Å². The number of carbonyl (C=O) groups excluding carboxylic acids is 2. The predicted molar refractivity (Wildman–Crippen MR) is 114 cm³/mol. The predicted octanol–water partition coefficient (Wildman–Crippen LogP) is 4.43. The van der Waals surface area contributed by atoms with Crippen LogP contribution in [0.1, 0.15) is 73.5 Å². The number of hydrogen-bond donors (Lipinski definition) is 0. The number of carbonyl (C=O) groups is 2. The zero-order chi connectivity index (χ0) is 22.8. The molecule has 0 saturated carbocycles. The molecule has 7 nitrogen and oxygen atoms in total. The van der Waals surface area contributed by atoms with Crippen LogP contribution in [0.2, 0.25) is 0 Å². The van der Waals surface area contributed by atoms with Crippen molar-refractivity contribution in [3.63, 3.8) is 0 Å². The number of nitrogens with zero attached hydrogens (tertiary/aromatic N) is 3. The number of benzene rings is 1. The van der Waals surface area contributed by atoms with Gasteiger partial charge in [0.05, 0.1) is 19.2 Å². The molecule has 3 rings (SSSR count). The maximum absolute atomic E-state index is 13.5. The summed E-state index contributed by atoms with van der Waals surface area (Å²) in [6.45, 7) is 9.37. The number of ether oxygens (including phenoxy) is 2. The number of aromatic nitrogens is 2. The molecule has 0 fully saturated rings. The summed E-state index contributed by atoms with van der Waals surface area (Å²) in [6.07, 6.45) is 0.0693. The second kappa shape index (κ2) is 9.08. The van der Waals surface area contributed by atoms with E-state index in [1.807, 2.05) is 39.8 Å². The molecule has 2 heterocycles. The number of hydrogen-bond acceptors (Lipinski definition) is 5. The van der Waals surface area contributed by atoms with E-state index in [4.69, 9.17) is 9.47 Å². The molecule has 0 bridgehead atoms. The lowest BCUT2D eigenvalue weighted by atomic mass is 10.0. The molecule has 1 aliphatic rings. The normalized spacial score (nSPS) is 14.7. The third-order valence-corrected chi connectivity index (χ3v) is 5.22. The highest BCUT2D eigenvalue weighted by Gasteiger charge is 2.34. The minimum Gasteiger partial charge on any atom is -0.461 e. The summed E-state index contributed by atoms with van der Waals surface area (Å²) in [5, 5.41) is 4.57. The van der Waals surface area contributed by atoms with Crippen LogP contribution in [0.25, 0.3) is 0 Å². The molecule has 0 radical (unpaired) electrons. The van der Waals surface area contributed by atoms with Crippen LogP contribution in [0.4, 0.5) is 9.18 Å². The lowest BCUT2D eigenvalue weighted by Gasteiger charge is -2.31. The topological polar surface area (TPSA) is 73.7 Å². The van der Waals surface area contributed by atoms with Crippen molar-refractivity contribution >= 4 is 12.1 Å². The molecule has 1 aromatic carbocycles. The summed E-state index contributed by atoms with van der Waals surface area (Å²) < 4.78 is 26.0. The van der Waals surface area contributed by atoms with Crippen LogP contribution in [0.3, 0.4) is 0 Å². The molecule has 31 heavy (non-hydrogen) atoms. The van der Waals surface area contributed by atoms with Crippen molar-refractivity contribution in [2.45, 2.75) is 65.9 Å². The number of amides is 1. The Morgan fingerprint density at radius 3 is 2.61 bits per heavy atom. The van der Waals surface area contributed by atoms with Crippen LogP contribution < -0.4 is 0 Å². The fraction of sp³-hybridized carbons (Fsp3) is 0.522. The highest BCUT2D eigenvalue weighted by Crippen LogP contribution is 2.30. The van der Waals surface area contributed by atoms with Gasteiger partial charge in [0.2, 0.25) is 0 Å². The van der Waals surface area contributed by atoms with Crippen LogP contribution in [0.5, 0.6) is 0 Å². The molecule has 168 valence electrons. The van der Waals surface area contributed by atoms with Gasteiger partial charge >= 0.3 is 12.1 Å². The van der Waals surface area contributed by atoms with Gasteiger partial charge in [-0.2, -0.15) is 5.10 Å². The Kier molecular flexibility index (Phi) is 6.67. The van der Waals surface area contributed by atoms with Gasteiger partial charge in [0.1, 0.15) is 12.3 Å².